The van der Waals surface area contributed by atoms with Crippen LogP contribution in [0.4, 0.5) is 0 Å². The number of guanidine groups is 1. The first kappa shape index (κ1) is 21.1. The van der Waals surface area contributed by atoms with Gasteiger partial charge < -0.3 is 15.4 Å². The first-order chi connectivity index (χ1) is 11.2. The lowest BCUT2D eigenvalue weighted by atomic mass is 9.83. The molecule has 0 atom stereocenters. The average molecular weight is 450 g/mol. The topological polar surface area (TPSA) is 76.4 Å². The van der Waals surface area contributed by atoms with Crippen molar-refractivity contribution in [2.75, 3.05) is 26.8 Å². The lowest BCUT2D eigenvalue weighted by molar-refractivity contribution is 0.105. The second kappa shape index (κ2) is 10.9. The molecule has 24 heavy (non-hydrogen) atoms. The van der Waals surface area contributed by atoms with Crippen LogP contribution in [0.25, 0.3) is 0 Å². The van der Waals surface area contributed by atoms with Gasteiger partial charge in [-0.25, -0.2) is 4.98 Å². The Morgan fingerprint density at radius 1 is 1.38 bits per heavy atom. The quantitative estimate of drug-likeness (QED) is 0.275. The molecule has 1 aromatic rings. The van der Waals surface area contributed by atoms with Gasteiger partial charge in [-0.3, -0.25) is 9.67 Å². The highest BCUT2D eigenvalue weighted by atomic mass is 127. The fourth-order valence-corrected chi connectivity index (χ4v) is 3.21. The van der Waals surface area contributed by atoms with Gasteiger partial charge in [0.1, 0.15) is 12.2 Å². The van der Waals surface area contributed by atoms with Crippen LogP contribution in [-0.2, 0) is 18.3 Å². The summed E-state index contributed by atoms with van der Waals surface area (Å²) in [5.74, 6) is 1.70. The van der Waals surface area contributed by atoms with Crippen molar-refractivity contribution in [3.8, 4) is 0 Å². The van der Waals surface area contributed by atoms with E-state index < -0.39 is 0 Å². The van der Waals surface area contributed by atoms with Gasteiger partial charge in [0.15, 0.2) is 5.96 Å². The Balaban J connectivity index is 0.00000288. The predicted octanol–water partition coefficient (Wildman–Crippen LogP) is 2.09. The van der Waals surface area contributed by atoms with Crippen molar-refractivity contribution in [1.29, 1.82) is 0 Å². The van der Waals surface area contributed by atoms with Crippen LogP contribution in [0.15, 0.2) is 11.3 Å². The lowest BCUT2D eigenvalue weighted by Crippen LogP contribution is -2.43. The SMILES string of the molecule is CCOCCC1(CNC(=NC)NCc2ncnn2C)CCCC1.I. The second-order valence-electron chi connectivity index (χ2n) is 6.23. The summed E-state index contributed by atoms with van der Waals surface area (Å²) in [7, 11) is 3.69. The van der Waals surface area contributed by atoms with Crippen LogP contribution in [0.2, 0.25) is 0 Å². The molecule has 1 aliphatic rings. The molecule has 2 rings (SSSR count). The van der Waals surface area contributed by atoms with E-state index >= 15 is 0 Å². The van der Waals surface area contributed by atoms with Crippen molar-refractivity contribution in [3.63, 3.8) is 0 Å². The number of aliphatic imine (C=N–C) groups is 1. The Bertz CT molecular complexity index is 499. The Hall–Kier alpha value is -0.900. The van der Waals surface area contributed by atoms with Gasteiger partial charge in [-0.2, -0.15) is 5.10 Å². The standard InChI is InChI=1S/C16H30N6O.HI/c1-4-23-10-9-16(7-5-6-8-16)12-19-15(17-2)18-11-14-20-13-21-22(14)3;/h13H,4-12H2,1-3H3,(H2,17,18,19);1H. The van der Waals surface area contributed by atoms with Crippen molar-refractivity contribution < 1.29 is 4.74 Å². The van der Waals surface area contributed by atoms with Crippen LogP contribution < -0.4 is 10.6 Å². The van der Waals surface area contributed by atoms with E-state index in [4.69, 9.17) is 4.74 Å². The van der Waals surface area contributed by atoms with E-state index in [0.29, 0.717) is 12.0 Å². The Morgan fingerprint density at radius 3 is 2.71 bits per heavy atom. The summed E-state index contributed by atoms with van der Waals surface area (Å²) < 4.78 is 7.34. The molecule has 1 aromatic heterocycles. The maximum Gasteiger partial charge on any atom is 0.191 e. The Labute approximate surface area is 162 Å². The zero-order valence-electron chi connectivity index (χ0n) is 15.0. The second-order valence-corrected chi connectivity index (χ2v) is 6.23. The fourth-order valence-electron chi connectivity index (χ4n) is 3.21. The van der Waals surface area contributed by atoms with Gasteiger partial charge in [-0.1, -0.05) is 12.8 Å². The molecular formula is C16H31IN6O. The molecule has 138 valence electrons. The van der Waals surface area contributed by atoms with Gasteiger partial charge >= 0.3 is 0 Å². The summed E-state index contributed by atoms with van der Waals surface area (Å²) >= 11 is 0. The number of aryl methyl sites for hydroxylation is 1. The number of rotatable bonds is 8. The number of hydrogen-bond donors (Lipinski definition) is 2. The van der Waals surface area contributed by atoms with Gasteiger partial charge in [0.2, 0.25) is 0 Å². The lowest BCUT2D eigenvalue weighted by Gasteiger charge is -2.30. The highest BCUT2D eigenvalue weighted by Crippen LogP contribution is 2.40. The van der Waals surface area contributed by atoms with Crippen LogP contribution in [0.3, 0.4) is 0 Å². The fraction of sp³-hybridized carbons (Fsp3) is 0.812. The van der Waals surface area contributed by atoms with E-state index in [0.717, 1.165) is 38.0 Å². The minimum Gasteiger partial charge on any atom is -0.382 e. The maximum atomic E-state index is 5.57. The number of nitrogens with one attached hydrogen (secondary N) is 2. The van der Waals surface area contributed by atoms with Gasteiger partial charge in [-0.15, -0.1) is 24.0 Å². The van der Waals surface area contributed by atoms with E-state index in [2.05, 4.69) is 32.6 Å². The first-order valence-electron chi connectivity index (χ1n) is 8.54. The van der Waals surface area contributed by atoms with Crippen LogP contribution in [-0.4, -0.2) is 47.5 Å². The maximum absolute atomic E-state index is 5.57. The predicted molar refractivity (Wildman–Crippen MR) is 107 cm³/mol. The molecule has 1 fully saturated rings. The third-order valence-corrected chi connectivity index (χ3v) is 4.72. The minimum absolute atomic E-state index is 0. The van der Waals surface area contributed by atoms with E-state index in [9.17, 15) is 0 Å². The zero-order valence-corrected chi connectivity index (χ0v) is 17.4. The molecule has 2 N–H and O–H groups in total. The molecule has 0 amide bonds. The number of nitrogens with zero attached hydrogens (tertiary/aromatic N) is 4. The van der Waals surface area contributed by atoms with Gasteiger partial charge in [0, 0.05) is 33.9 Å². The molecular weight excluding hydrogens is 419 g/mol. The van der Waals surface area contributed by atoms with Gasteiger partial charge in [0.05, 0.1) is 6.54 Å². The molecule has 0 aromatic carbocycles. The molecule has 0 saturated heterocycles. The van der Waals surface area contributed by atoms with Gasteiger partial charge in [-0.05, 0) is 31.6 Å². The number of ether oxygens (including phenoxy) is 1. The molecule has 1 aliphatic carbocycles. The van der Waals surface area contributed by atoms with Crippen molar-refractivity contribution in [2.45, 2.75) is 45.6 Å². The summed E-state index contributed by atoms with van der Waals surface area (Å²) in [4.78, 5) is 8.52. The molecule has 0 spiro atoms. The molecule has 1 saturated carbocycles. The van der Waals surface area contributed by atoms with Gasteiger partial charge in [0.25, 0.3) is 0 Å². The molecule has 0 unspecified atom stereocenters. The first-order valence-corrected chi connectivity index (χ1v) is 8.54. The molecule has 0 bridgehead atoms. The summed E-state index contributed by atoms with van der Waals surface area (Å²) in [6, 6.07) is 0. The van der Waals surface area contributed by atoms with E-state index in [1.54, 1.807) is 18.1 Å². The third kappa shape index (κ3) is 6.19. The smallest absolute Gasteiger partial charge is 0.191 e. The van der Waals surface area contributed by atoms with Crippen molar-refractivity contribution in [2.24, 2.45) is 17.5 Å². The van der Waals surface area contributed by atoms with E-state index in [-0.39, 0.29) is 24.0 Å². The van der Waals surface area contributed by atoms with Crippen LogP contribution in [0, 0.1) is 5.41 Å². The Morgan fingerprint density at radius 2 is 2.12 bits per heavy atom. The van der Waals surface area contributed by atoms with Crippen LogP contribution >= 0.6 is 24.0 Å². The minimum atomic E-state index is 0. The molecule has 8 heteroatoms. The largest absolute Gasteiger partial charge is 0.382 e. The normalized spacial score (nSPS) is 16.7. The molecule has 0 aliphatic heterocycles. The third-order valence-electron chi connectivity index (χ3n) is 4.72. The number of halogens is 1. The van der Waals surface area contributed by atoms with Crippen LogP contribution in [0.5, 0.6) is 0 Å². The Kier molecular flexibility index (Phi) is 9.57. The number of hydrogen-bond acceptors (Lipinski definition) is 4. The van der Waals surface area contributed by atoms with Crippen molar-refractivity contribution >= 4 is 29.9 Å². The summed E-state index contributed by atoms with van der Waals surface area (Å²) in [6.45, 7) is 5.26. The van der Waals surface area contributed by atoms with Crippen molar-refractivity contribution in [1.82, 2.24) is 25.4 Å². The van der Waals surface area contributed by atoms with Crippen LogP contribution in [0.1, 0.15) is 44.9 Å². The summed E-state index contributed by atoms with van der Waals surface area (Å²) in [6.07, 6.45) is 7.86. The number of aromatic nitrogens is 3. The highest BCUT2D eigenvalue weighted by molar-refractivity contribution is 14.0. The van der Waals surface area contributed by atoms with E-state index in [1.807, 2.05) is 7.05 Å². The van der Waals surface area contributed by atoms with Crippen molar-refractivity contribution in [3.05, 3.63) is 12.2 Å². The summed E-state index contributed by atoms with van der Waals surface area (Å²) in [5.41, 5.74) is 0.345. The molecule has 0 radical (unpaired) electrons. The average Bonchev–Trinajstić information content (AvgIpc) is 3.18. The van der Waals surface area contributed by atoms with E-state index in [1.165, 1.54) is 25.7 Å². The monoisotopic (exact) mass is 450 g/mol. The summed E-state index contributed by atoms with van der Waals surface area (Å²) in [5, 5.41) is 10.9. The molecule has 1 heterocycles. The molecule has 7 nitrogen and oxygen atoms in total. The zero-order chi connectivity index (χ0) is 16.5. The highest BCUT2D eigenvalue weighted by Gasteiger charge is 2.33.